The number of para-hydroxylation sites is 2. The minimum Gasteiger partial charge on any atom is -0.398 e. The molecule has 24 heavy (non-hydrogen) atoms. The van der Waals surface area contributed by atoms with Crippen LogP contribution < -0.4 is 11.5 Å². The third-order valence-corrected chi connectivity index (χ3v) is 4.94. The molecule has 0 aliphatic rings. The maximum atomic E-state index is 9.34. The molecular weight excluding hydrogens is 336 g/mol. The van der Waals surface area contributed by atoms with Crippen LogP contribution in [0.5, 0.6) is 0 Å². The number of benzene rings is 2. The molecule has 0 aliphatic heterocycles. The van der Waals surface area contributed by atoms with Gasteiger partial charge in [-0.25, -0.2) is 0 Å². The van der Waals surface area contributed by atoms with Crippen LogP contribution in [-0.2, 0) is 0 Å². The summed E-state index contributed by atoms with van der Waals surface area (Å²) in [5, 5.41) is 21.9. The van der Waals surface area contributed by atoms with E-state index in [0.717, 1.165) is 9.79 Å². The number of anilines is 2. The highest BCUT2D eigenvalue weighted by molar-refractivity contribution is 8.02. The molecule has 0 aromatic heterocycles. The molecule has 118 valence electrons. The minimum absolute atomic E-state index is 0.285. The average Bonchev–Trinajstić information content (AvgIpc) is 2.60. The van der Waals surface area contributed by atoms with Gasteiger partial charge in [0.2, 0.25) is 0 Å². The summed E-state index contributed by atoms with van der Waals surface area (Å²) in [6.07, 6.45) is 0. The van der Waals surface area contributed by atoms with Crippen molar-refractivity contribution in [3.8, 4) is 12.1 Å². The molecule has 0 unspecified atom stereocenters. The second-order valence-corrected chi connectivity index (χ2v) is 6.42. The van der Waals surface area contributed by atoms with Crippen LogP contribution in [0.25, 0.3) is 0 Å². The van der Waals surface area contributed by atoms with Crippen molar-refractivity contribution < 1.29 is 0 Å². The van der Waals surface area contributed by atoms with E-state index in [9.17, 15) is 10.5 Å². The molecule has 0 aliphatic carbocycles. The summed E-state index contributed by atoms with van der Waals surface area (Å²) in [5.41, 5.74) is 13.6. The van der Waals surface area contributed by atoms with Crippen LogP contribution in [0, 0.1) is 22.7 Å². The number of nitrogens with two attached hydrogens (primary N) is 2. The maximum Gasteiger partial charge on any atom is 0.101 e. The number of thioether (sulfide) groups is 2. The minimum atomic E-state index is 0.285. The van der Waals surface area contributed by atoms with E-state index in [1.807, 2.05) is 36.4 Å². The van der Waals surface area contributed by atoms with Crippen molar-refractivity contribution in [3.63, 3.8) is 0 Å². The largest absolute Gasteiger partial charge is 0.398 e. The molecule has 0 atom stereocenters. The number of allylic oxidation sites excluding steroid dienone is 2. The van der Waals surface area contributed by atoms with Gasteiger partial charge in [0.05, 0.1) is 11.1 Å². The first-order chi connectivity index (χ1) is 11.7. The van der Waals surface area contributed by atoms with Gasteiger partial charge in [-0.2, -0.15) is 10.5 Å². The van der Waals surface area contributed by atoms with Gasteiger partial charge in [0.25, 0.3) is 0 Å². The van der Waals surface area contributed by atoms with E-state index in [2.05, 4.69) is 12.1 Å². The van der Waals surface area contributed by atoms with Crippen LogP contribution in [0.3, 0.4) is 0 Å². The normalized spacial score (nSPS) is 11.6. The van der Waals surface area contributed by atoms with Crippen LogP contribution in [0.4, 0.5) is 11.4 Å². The van der Waals surface area contributed by atoms with Crippen molar-refractivity contribution in [2.45, 2.75) is 9.79 Å². The maximum absolute atomic E-state index is 9.34. The van der Waals surface area contributed by atoms with Crippen molar-refractivity contribution in [2.24, 2.45) is 0 Å². The quantitative estimate of drug-likeness (QED) is 0.355. The van der Waals surface area contributed by atoms with Gasteiger partial charge >= 0.3 is 0 Å². The number of nitrogen functional groups attached to an aromatic ring is 2. The first-order valence-corrected chi connectivity index (χ1v) is 8.65. The molecule has 4 N–H and O–H groups in total. The number of hydrogen-bond acceptors (Lipinski definition) is 6. The van der Waals surface area contributed by atoms with Gasteiger partial charge in [0.1, 0.15) is 12.1 Å². The Hall–Kier alpha value is -2.80. The fraction of sp³-hybridized carbons (Fsp3) is 0. The Balaban J connectivity index is 2.21. The Morgan fingerprint density at radius 1 is 0.750 bits per heavy atom. The van der Waals surface area contributed by atoms with Gasteiger partial charge in [0.15, 0.2) is 0 Å². The molecular formula is C18H14N4S2. The molecule has 0 radical (unpaired) electrons. The molecule has 0 fully saturated rings. The Morgan fingerprint density at radius 3 is 1.46 bits per heavy atom. The zero-order valence-corrected chi connectivity index (χ0v) is 14.3. The predicted octanol–water partition coefficient (Wildman–Crippen LogP) is 4.55. The number of hydrogen-bond donors (Lipinski definition) is 2. The molecule has 2 aromatic rings. The lowest BCUT2D eigenvalue weighted by atomic mass is 10.2. The highest BCUT2D eigenvalue weighted by Gasteiger charge is 2.06. The lowest BCUT2D eigenvalue weighted by Gasteiger charge is -2.03. The molecule has 0 bridgehead atoms. The van der Waals surface area contributed by atoms with Crippen LogP contribution in [0.2, 0.25) is 0 Å². The molecule has 0 heterocycles. The highest BCUT2D eigenvalue weighted by atomic mass is 32.2. The Morgan fingerprint density at radius 2 is 1.12 bits per heavy atom. The van der Waals surface area contributed by atoms with Crippen molar-refractivity contribution in [3.05, 3.63) is 70.5 Å². The van der Waals surface area contributed by atoms with Gasteiger partial charge in [-0.1, -0.05) is 47.8 Å². The predicted molar refractivity (Wildman–Crippen MR) is 101 cm³/mol. The van der Waals surface area contributed by atoms with Crippen molar-refractivity contribution in [2.75, 3.05) is 11.5 Å². The average molecular weight is 350 g/mol. The van der Waals surface area contributed by atoms with Crippen molar-refractivity contribution in [1.82, 2.24) is 0 Å². The van der Waals surface area contributed by atoms with Gasteiger partial charge in [-0.15, -0.1) is 0 Å². The summed E-state index contributed by atoms with van der Waals surface area (Å²) < 4.78 is 0. The number of nitriles is 2. The molecule has 0 saturated heterocycles. The fourth-order valence-corrected chi connectivity index (χ4v) is 3.29. The number of rotatable bonds is 5. The van der Waals surface area contributed by atoms with Crippen LogP contribution in [-0.4, -0.2) is 0 Å². The third kappa shape index (κ3) is 4.60. The van der Waals surface area contributed by atoms with Gasteiger partial charge in [0, 0.05) is 21.2 Å². The first-order valence-electron chi connectivity index (χ1n) is 6.89. The third-order valence-electron chi connectivity index (χ3n) is 2.98. The standard InChI is InChI=1S/C18H14N4S2/c19-9-13(11-23-17-7-3-1-5-15(17)21)14(10-20)12-24-18-8-4-2-6-16(18)22/h1-8,11-12H,21-22H2. The number of nitrogens with zero attached hydrogens (tertiary/aromatic N) is 2. The fourth-order valence-electron chi connectivity index (χ4n) is 1.72. The molecule has 6 heteroatoms. The zero-order valence-electron chi connectivity index (χ0n) is 12.6. The summed E-state index contributed by atoms with van der Waals surface area (Å²) in [4.78, 5) is 1.67. The molecule has 0 spiro atoms. The van der Waals surface area contributed by atoms with Crippen molar-refractivity contribution >= 4 is 34.9 Å². The van der Waals surface area contributed by atoms with Crippen LogP contribution in [0.15, 0.2) is 80.3 Å². The monoisotopic (exact) mass is 350 g/mol. The van der Waals surface area contributed by atoms with Crippen LogP contribution >= 0.6 is 23.5 Å². The van der Waals surface area contributed by atoms with E-state index in [0.29, 0.717) is 11.4 Å². The van der Waals surface area contributed by atoms with Crippen molar-refractivity contribution in [1.29, 1.82) is 10.5 Å². The van der Waals surface area contributed by atoms with E-state index in [4.69, 9.17) is 11.5 Å². The molecule has 4 nitrogen and oxygen atoms in total. The van der Waals surface area contributed by atoms with E-state index in [-0.39, 0.29) is 11.1 Å². The van der Waals surface area contributed by atoms with Gasteiger partial charge in [-0.3, -0.25) is 0 Å². The summed E-state index contributed by atoms with van der Waals surface area (Å²) >= 11 is 2.63. The second kappa shape index (κ2) is 8.73. The van der Waals surface area contributed by atoms with Crippen LogP contribution in [0.1, 0.15) is 0 Å². The SMILES string of the molecule is N#CC(=CSc1ccccc1N)C(C#N)=CSc1ccccc1N. The molecule has 0 saturated carbocycles. The second-order valence-electron chi connectivity index (χ2n) is 4.60. The smallest absolute Gasteiger partial charge is 0.101 e. The van der Waals surface area contributed by atoms with E-state index in [1.165, 1.54) is 23.5 Å². The van der Waals surface area contributed by atoms with E-state index in [1.54, 1.807) is 22.9 Å². The molecule has 2 rings (SSSR count). The van der Waals surface area contributed by atoms with E-state index >= 15 is 0 Å². The summed E-state index contributed by atoms with van der Waals surface area (Å²) in [7, 11) is 0. The lowest BCUT2D eigenvalue weighted by Crippen LogP contribution is -1.88. The first kappa shape index (κ1) is 17.6. The zero-order chi connectivity index (χ0) is 17.4. The summed E-state index contributed by atoms with van der Waals surface area (Å²) in [5.74, 6) is 0. The Kier molecular flexibility index (Phi) is 6.39. The Labute approximate surface area is 149 Å². The highest BCUT2D eigenvalue weighted by Crippen LogP contribution is 2.30. The Bertz CT molecular complexity index is 800. The summed E-state index contributed by atoms with van der Waals surface area (Å²) in [6, 6.07) is 18.8. The molecule has 2 aromatic carbocycles. The van der Waals surface area contributed by atoms with Gasteiger partial charge < -0.3 is 11.5 Å². The topological polar surface area (TPSA) is 99.6 Å². The summed E-state index contributed by atoms with van der Waals surface area (Å²) in [6.45, 7) is 0. The van der Waals surface area contributed by atoms with Gasteiger partial charge in [-0.05, 0) is 35.1 Å². The lowest BCUT2D eigenvalue weighted by molar-refractivity contribution is 1.44. The van der Waals surface area contributed by atoms with E-state index < -0.39 is 0 Å². The molecule has 0 amide bonds.